The number of fused-ring (bicyclic) bond motifs is 1. The number of benzene rings is 2. The normalized spacial score (nSPS) is 18.1. The summed E-state index contributed by atoms with van der Waals surface area (Å²) in [6.07, 6.45) is 3.15. The Hall–Kier alpha value is -2.60. The summed E-state index contributed by atoms with van der Waals surface area (Å²) in [6, 6.07) is 16.1. The summed E-state index contributed by atoms with van der Waals surface area (Å²) < 4.78 is -0.767. The van der Waals surface area contributed by atoms with Gasteiger partial charge in [0.2, 0.25) is 0 Å². The lowest BCUT2D eigenvalue weighted by atomic mass is 10.1. The van der Waals surface area contributed by atoms with Gasteiger partial charge in [0.1, 0.15) is 4.75 Å². The third-order valence-electron chi connectivity index (χ3n) is 4.77. The molecule has 2 aliphatic rings. The van der Waals surface area contributed by atoms with Gasteiger partial charge in [-0.05, 0) is 37.1 Å². The van der Waals surface area contributed by atoms with Crippen LogP contribution in [0.4, 0.5) is 0 Å². The first-order chi connectivity index (χ1) is 12.6. The number of carbonyl (C=O) groups excluding carboxylic acids is 3. The minimum absolute atomic E-state index is 0.265. The maximum absolute atomic E-state index is 13.0. The Morgan fingerprint density at radius 3 is 2.00 bits per heavy atom. The van der Waals surface area contributed by atoms with E-state index in [1.165, 1.54) is 11.8 Å². The third kappa shape index (κ3) is 2.80. The van der Waals surface area contributed by atoms with Crippen molar-refractivity contribution in [2.45, 2.75) is 35.3 Å². The van der Waals surface area contributed by atoms with E-state index in [0.29, 0.717) is 17.9 Å². The lowest BCUT2D eigenvalue weighted by Crippen LogP contribution is -2.41. The van der Waals surface area contributed by atoms with Crippen LogP contribution in [0.15, 0.2) is 59.5 Å². The summed E-state index contributed by atoms with van der Waals surface area (Å²) in [5.74, 6) is -1.70. The molecule has 0 spiro atoms. The number of carbonyl (C=O) groups is 3. The molecule has 1 aliphatic carbocycles. The van der Waals surface area contributed by atoms with Gasteiger partial charge in [0.25, 0.3) is 11.8 Å². The average molecular weight is 367 g/mol. The maximum Gasteiger partial charge on any atom is 0.349 e. The molecule has 1 heterocycles. The standard InChI is InChI=1S/C20H17NO4S/c22-17-15-10-4-5-11-16(15)18(23)21(17)25-19(24)20(12-6-7-13-20)26-14-8-2-1-3-9-14/h1-5,8-11H,6-7,12-13H2. The minimum Gasteiger partial charge on any atom is -0.328 e. The SMILES string of the molecule is O=C1c2ccccc2C(=O)N1OC(=O)C1(Sc2ccccc2)CCCC1. The second-order valence-electron chi connectivity index (χ2n) is 6.45. The summed E-state index contributed by atoms with van der Waals surface area (Å²) in [7, 11) is 0. The fourth-order valence-corrected chi connectivity index (χ4v) is 4.78. The van der Waals surface area contributed by atoms with E-state index < -0.39 is 22.5 Å². The number of imide groups is 1. The molecule has 0 bridgehead atoms. The third-order valence-corrected chi connectivity index (χ3v) is 6.24. The van der Waals surface area contributed by atoms with E-state index in [9.17, 15) is 14.4 Å². The fourth-order valence-electron chi connectivity index (χ4n) is 3.42. The highest BCUT2D eigenvalue weighted by Crippen LogP contribution is 2.46. The maximum atomic E-state index is 13.0. The average Bonchev–Trinajstić information content (AvgIpc) is 3.23. The molecule has 1 aliphatic heterocycles. The summed E-state index contributed by atoms with van der Waals surface area (Å²) in [6.45, 7) is 0. The van der Waals surface area contributed by atoms with Crippen molar-refractivity contribution in [2.24, 2.45) is 0 Å². The molecule has 4 rings (SSSR count). The Balaban J connectivity index is 1.57. The van der Waals surface area contributed by atoms with Gasteiger partial charge in [-0.1, -0.05) is 48.2 Å². The van der Waals surface area contributed by atoms with E-state index in [4.69, 9.17) is 4.84 Å². The molecule has 0 unspecified atom stereocenters. The molecule has 0 radical (unpaired) electrons. The molecule has 2 aromatic carbocycles. The molecule has 0 atom stereocenters. The highest BCUT2D eigenvalue weighted by atomic mass is 32.2. The summed E-state index contributed by atoms with van der Waals surface area (Å²) in [5, 5.41) is 0.610. The van der Waals surface area contributed by atoms with Crippen LogP contribution in [0.1, 0.15) is 46.4 Å². The molecule has 1 fully saturated rings. The molecule has 26 heavy (non-hydrogen) atoms. The van der Waals surface area contributed by atoms with Crippen LogP contribution in [0.3, 0.4) is 0 Å². The van der Waals surface area contributed by atoms with Gasteiger partial charge in [-0.15, -0.1) is 11.8 Å². The van der Waals surface area contributed by atoms with Crippen molar-refractivity contribution in [3.05, 3.63) is 65.7 Å². The van der Waals surface area contributed by atoms with E-state index in [1.807, 2.05) is 30.3 Å². The molecule has 5 nitrogen and oxygen atoms in total. The number of amides is 2. The van der Waals surface area contributed by atoms with Gasteiger partial charge in [-0.2, -0.15) is 0 Å². The van der Waals surface area contributed by atoms with Crippen molar-refractivity contribution in [1.82, 2.24) is 5.06 Å². The molecule has 2 amide bonds. The first kappa shape index (κ1) is 16.8. The molecule has 0 N–H and O–H groups in total. The monoisotopic (exact) mass is 367 g/mol. The number of nitrogens with zero attached hydrogens (tertiary/aromatic N) is 1. The Bertz CT molecular complexity index is 839. The number of hydrogen-bond acceptors (Lipinski definition) is 5. The molecule has 132 valence electrons. The lowest BCUT2D eigenvalue weighted by molar-refractivity contribution is -0.171. The van der Waals surface area contributed by atoms with Crippen LogP contribution in [0.2, 0.25) is 0 Å². The van der Waals surface area contributed by atoms with E-state index in [0.717, 1.165) is 17.7 Å². The zero-order valence-corrected chi connectivity index (χ0v) is 14.8. The molecule has 2 aromatic rings. The van der Waals surface area contributed by atoms with Crippen LogP contribution in [0.25, 0.3) is 0 Å². The van der Waals surface area contributed by atoms with E-state index >= 15 is 0 Å². The number of thioether (sulfide) groups is 1. The number of hydrogen-bond donors (Lipinski definition) is 0. The fraction of sp³-hybridized carbons (Fsp3) is 0.250. The van der Waals surface area contributed by atoms with E-state index in [1.54, 1.807) is 24.3 Å². The van der Waals surface area contributed by atoms with Crippen LogP contribution in [-0.4, -0.2) is 27.6 Å². The minimum atomic E-state index is -0.767. The van der Waals surface area contributed by atoms with Crippen molar-refractivity contribution in [3.8, 4) is 0 Å². The summed E-state index contributed by atoms with van der Waals surface area (Å²) in [4.78, 5) is 44.2. The van der Waals surface area contributed by atoms with E-state index in [2.05, 4.69) is 0 Å². The van der Waals surface area contributed by atoms with Gasteiger partial charge in [0, 0.05) is 4.90 Å². The first-order valence-electron chi connectivity index (χ1n) is 8.55. The largest absolute Gasteiger partial charge is 0.349 e. The first-order valence-corrected chi connectivity index (χ1v) is 9.37. The number of rotatable bonds is 4. The molecular weight excluding hydrogens is 350 g/mol. The second-order valence-corrected chi connectivity index (χ2v) is 7.90. The van der Waals surface area contributed by atoms with E-state index in [-0.39, 0.29) is 11.1 Å². The molecule has 6 heteroatoms. The Morgan fingerprint density at radius 1 is 0.885 bits per heavy atom. The Labute approximate surface area is 155 Å². The second kappa shape index (κ2) is 6.61. The van der Waals surface area contributed by atoms with Gasteiger partial charge >= 0.3 is 5.97 Å². The van der Waals surface area contributed by atoms with Crippen LogP contribution < -0.4 is 0 Å². The van der Waals surface area contributed by atoms with Crippen molar-refractivity contribution >= 4 is 29.5 Å². The predicted molar refractivity (Wildman–Crippen MR) is 96.5 cm³/mol. The van der Waals surface area contributed by atoms with Gasteiger partial charge in [-0.3, -0.25) is 9.59 Å². The Morgan fingerprint density at radius 2 is 1.42 bits per heavy atom. The highest BCUT2D eigenvalue weighted by molar-refractivity contribution is 8.01. The van der Waals surface area contributed by atoms with Crippen molar-refractivity contribution in [2.75, 3.05) is 0 Å². The predicted octanol–water partition coefficient (Wildman–Crippen LogP) is 3.85. The van der Waals surface area contributed by atoms with Crippen LogP contribution in [-0.2, 0) is 9.63 Å². The van der Waals surface area contributed by atoms with Gasteiger partial charge in [-0.25, -0.2) is 4.79 Å². The van der Waals surface area contributed by atoms with Crippen LogP contribution >= 0.6 is 11.8 Å². The zero-order valence-electron chi connectivity index (χ0n) is 14.0. The van der Waals surface area contributed by atoms with Crippen molar-refractivity contribution in [3.63, 3.8) is 0 Å². The lowest BCUT2D eigenvalue weighted by Gasteiger charge is -2.27. The molecule has 0 saturated heterocycles. The van der Waals surface area contributed by atoms with Gasteiger partial charge in [0.15, 0.2) is 0 Å². The highest BCUT2D eigenvalue weighted by Gasteiger charge is 2.47. The van der Waals surface area contributed by atoms with Gasteiger partial charge in [0.05, 0.1) is 11.1 Å². The molecular formula is C20H17NO4S. The summed E-state index contributed by atoms with van der Waals surface area (Å²) in [5.41, 5.74) is 0.531. The van der Waals surface area contributed by atoms with Crippen molar-refractivity contribution < 1.29 is 19.2 Å². The molecule has 1 saturated carbocycles. The molecule has 0 aromatic heterocycles. The number of hydroxylamine groups is 2. The van der Waals surface area contributed by atoms with Gasteiger partial charge < -0.3 is 4.84 Å². The quantitative estimate of drug-likeness (QED) is 0.768. The van der Waals surface area contributed by atoms with Crippen molar-refractivity contribution in [1.29, 1.82) is 0 Å². The van der Waals surface area contributed by atoms with Crippen LogP contribution in [0, 0.1) is 0 Å². The Kier molecular flexibility index (Phi) is 4.28. The topological polar surface area (TPSA) is 63.7 Å². The smallest absolute Gasteiger partial charge is 0.328 e. The van der Waals surface area contributed by atoms with Crippen LogP contribution in [0.5, 0.6) is 0 Å². The summed E-state index contributed by atoms with van der Waals surface area (Å²) >= 11 is 1.45. The zero-order chi connectivity index (χ0) is 18.1.